The highest BCUT2D eigenvalue weighted by molar-refractivity contribution is 5.95. The van der Waals surface area contributed by atoms with E-state index < -0.39 is 0 Å². The van der Waals surface area contributed by atoms with Crippen molar-refractivity contribution in [1.82, 2.24) is 20.4 Å². The Balaban J connectivity index is 1.81. The summed E-state index contributed by atoms with van der Waals surface area (Å²) in [5.74, 6) is 1.23. The van der Waals surface area contributed by atoms with Crippen LogP contribution in [-0.2, 0) is 6.42 Å². The second-order valence-corrected chi connectivity index (χ2v) is 8.48. The average Bonchev–Trinajstić information content (AvgIpc) is 3.30. The number of benzene rings is 1. The minimum absolute atomic E-state index is 0.0748. The number of carbonyl (C=O) groups is 1. The summed E-state index contributed by atoms with van der Waals surface area (Å²) < 4.78 is 5.40. The van der Waals surface area contributed by atoms with E-state index in [0.717, 1.165) is 44.5 Å². The maximum absolute atomic E-state index is 13.1. The van der Waals surface area contributed by atoms with Crippen LogP contribution in [0.25, 0.3) is 11.4 Å². The van der Waals surface area contributed by atoms with E-state index in [1.807, 2.05) is 29.2 Å². The lowest BCUT2D eigenvalue weighted by atomic mass is 9.92. The number of amides is 1. The molecule has 6 nitrogen and oxygen atoms in total. The second kappa shape index (κ2) is 8.21. The zero-order valence-electron chi connectivity index (χ0n) is 16.8. The summed E-state index contributed by atoms with van der Waals surface area (Å²) in [6.07, 6.45) is 2.67. The number of nitrogens with zero attached hydrogens (tertiary/aromatic N) is 3. The molecule has 1 aliphatic heterocycles. The largest absolute Gasteiger partial charge is 0.339 e. The molecule has 1 aliphatic rings. The molecule has 3 rings (SSSR count). The Morgan fingerprint density at radius 2 is 2.19 bits per heavy atom. The number of hydrogen-bond donors (Lipinski definition) is 1. The van der Waals surface area contributed by atoms with Crippen LogP contribution in [0.15, 0.2) is 28.8 Å². The molecule has 2 aromatic rings. The van der Waals surface area contributed by atoms with E-state index in [-0.39, 0.29) is 17.4 Å². The molecule has 146 valence electrons. The SMILES string of the molecule is CCCN(C(=O)c1cccc(-c2noc(CC(C)(C)C)n2)c1)C1CCNC1. The molecule has 1 unspecified atom stereocenters. The van der Waals surface area contributed by atoms with Crippen LogP contribution in [0.4, 0.5) is 0 Å². The zero-order chi connectivity index (χ0) is 19.4. The van der Waals surface area contributed by atoms with E-state index >= 15 is 0 Å². The van der Waals surface area contributed by atoms with Gasteiger partial charge in [-0.2, -0.15) is 4.98 Å². The number of rotatable bonds is 6. The minimum atomic E-state index is 0.0748. The average molecular weight is 370 g/mol. The minimum Gasteiger partial charge on any atom is -0.339 e. The highest BCUT2D eigenvalue weighted by atomic mass is 16.5. The molecule has 1 fully saturated rings. The number of hydrogen-bond acceptors (Lipinski definition) is 5. The van der Waals surface area contributed by atoms with Crippen molar-refractivity contribution in [2.75, 3.05) is 19.6 Å². The summed E-state index contributed by atoms with van der Waals surface area (Å²) in [6, 6.07) is 7.82. The molecule has 1 amide bonds. The van der Waals surface area contributed by atoms with Gasteiger partial charge >= 0.3 is 0 Å². The van der Waals surface area contributed by atoms with Crippen molar-refractivity contribution in [2.24, 2.45) is 5.41 Å². The third-order valence-corrected chi connectivity index (χ3v) is 4.72. The molecule has 0 radical (unpaired) electrons. The molecule has 6 heteroatoms. The van der Waals surface area contributed by atoms with Gasteiger partial charge in [-0.15, -0.1) is 0 Å². The van der Waals surface area contributed by atoms with Gasteiger partial charge in [-0.1, -0.05) is 45.0 Å². The standard InChI is InChI=1S/C21H30N4O2/c1-5-11-25(17-9-10-22-14-17)20(26)16-8-6-7-15(12-16)19-23-18(27-24-19)13-21(2,3)4/h6-8,12,17,22H,5,9-11,13-14H2,1-4H3. The summed E-state index contributed by atoms with van der Waals surface area (Å²) in [4.78, 5) is 19.6. The van der Waals surface area contributed by atoms with Gasteiger partial charge in [0.1, 0.15) is 0 Å². The first kappa shape index (κ1) is 19.5. The molecule has 2 heterocycles. The fourth-order valence-corrected chi connectivity index (χ4v) is 3.45. The summed E-state index contributed by atoms with van der Waals surface area (Å²) in [7, 11) is 0. The molecule has 0 saturated carbocycles. The van der Waals surface area contributed by atoms with Crippen molar-refractivity contribution in [3.05, 3.63) is 35.7 Å². The van der Waals surface area contributed by atoms with E-state index in [2.05, 4.69) is 43.2 Å². The third-order valence-electron chi connectivity index (χ3n) is 4.72. The first-order valence-corrected chi connectivity index (χ1v) is 9.82. The van der Waals surface area contributed by atoms with Crippen molar-refractivity contribution in [3.8, 4) is 11.4 Å². The molecule has 1 aromatic carbocycles. The van der Waals surface area contributed by atoms with Crippen molar-refractivity contribution < 1.29 is 9.32 Å². The molecule has 1 N–H and O–H groups in total. The molecule has 1 aromatic heterocycles. The summed E-state index contributed by atoms with van der Waals surface area (Å²) in [6.45, 7) is 11.1. The molecular formula is C21H30N4O2. The van der Waals surface area contributed by atoms with Gasteiger partial charge in [0.25, 0.3) is 5.91 Å². The van der Waals surface area contributed by atoms with Crippen molar-refractivity contribution in [1.29, 1.82) is 0 Å². The molecule has 1 saturated heterocycles. The Bertz CT molecular complexity index is 772. The Morgan fingerprint density at radius 1 is 1.37 bits per heavy atom. The molecule has 1 atom stereocenters. The maximum atomic E-state index is 13.1. The lowest BCUT2D eigenvalue weighted by Gasteiger charge is -2.28. The molecule has 0 spiro atoms. The predicted molar refractivity (Wildman–Crippen MR) is 105 cm³/mol. The number of aromatic nitrogens is 2. The third kappa shape index (κ3) is 4.95. The van der Waals surface area contributed by atoms with Crippen LogP contribution < -0.4 is 5.32 Å². The van der Waals surface area contributed by atoms with Gasteiger partial charge in [0.15, 0.2) is 0 Å². The molecular weight excluding hydrogens is 340 g/mol. The van der Waals surface area contributed by atoms with Crippen LogP contribution in [0, 0.1) is 5.41 Å². The first-order chi connectivity index (χ1) is 12.9. The maximum Gasteiger partial charge on any atom is 0.254 e. The van der Waals surface area contributed by atoms with Crippen LogP contribution in [0.1, 0.15) is 56.8 Å². The Hall–Kier alpha value is -2.21. The fraction of sp³-hybridized carbons (Fsp3) is 0.571. The van der Waals surface area contributed by atoms with E-state index in [9.17, 15) is 4.79 Å². The second-order valence-electron chi connectivity index (χ2n) is 8.48. The van der Waals surface area contributed by atoms with Gasteiger partial charge in [-0.25, -0.2) is 0 Å². The van der Waals surface area contributed by atoms with Crippen molar-refractivity contribution >= 4 is 5.91 Å². The van der Waals surface area contributed by atoms with Gasteiger partial charge in [0.05, 0.1) is 0 Å². The normalized spacial score (nSPS) is 17.3. The highest BCUT2D eigenvalue weighted by Crippen LogP contribution is 2.23. The molecule has 27 heavy (non-hydrogen) atoms. The molecule has 0 bridgehead atoms. The van der Waals surface area contributed by atoms with Gasteiger partial charge in [-0.05, 0) is 36.9 Å². The van der Waals surface area contributed by atoms with Gasteiger partial charge in [0.2, 0.25) is 11.7 Å². The topological polar surface area (TPSA) is 71.3 Å². The lowest BCUT2D eigenvalue weighted by Crippen LogP contribution is -2.42. The molecule has 0 aliphatic carbocycles. The van der Waals surface area contributed by atoms with Gasteiger partial charge in [0, 0.05) is 36.7 Å². The Labute approximate surface area is 161 Å². The smallest absolute Gasteiger partial charge is 0.254 e. The van der Waals surface area contributed by atoms with E-state index in [1.54, 1.807) is 0 Å². The van der Waals surface area contributed by atoms with Crippen LogP contribution in [0.3, 0.4) is 0 Å². The zero-order valence-corrected chi connectivity index (χ0v) is 16.8. The Kier molecular flexibility index (Phi) is 5.95. The lowest BCUT2D eigenvalue weighted by molar-refractivity contribution is 0.0692. The quantitative estimate of drug-likeness (QED) is 0.842. The monoisotopic (exact) mass is 370 g/mol. The van der Waals surface area contributed by atoms with E-state index in [0.29, 0.717) is 17.3 Å². The highest BCUT2D eigenvalue weighted by Gasteiger charge is 2.27. The summed E-state index contributed by atoms with van der Waals surface area (Å²) in [5.41, 5.74) is 1.57. The van der Waals surface area contributed by atoms with E-state index in [1.165, 1.54) is 0 Å². The first-order valence-electron chi connectivity index (χ1n) is 9.82. The van der Waals surface area contributed by atoms with Crippen LogP contribution in [0.5, 0.6) is 0 Å². The predicted octanol–water partition coefficient (Wildman–Crippen LogP) is 3.54. The number of nitrogens with one attached hydrogen (secondary N) is 1. The van der Waals surface area contributed by atoms with Crippen molar-refractivity contribution in [2.45, 2.75) is 53.0 Å². The number of carbonyl (C=O) groups excluding carboxylic acids is 1. The van der Waals surface area contributed by atoms with Crippen LogP contribution in [-0.4, -0.2) is 46.6 Å². The van der Waals surface area contributed by atoms with Gasteiger partial charge < -0.3 is 14.7 Å². The van der Waals surface area contributed by atoms with Gasteiger partial charge in [-0.3, -0.25) is 4.79 Å². The fourth-order valence-electron chi connectivity index (χ4n) is 3.45. The summed E-state index contributed by atoms with van der Waals surface area (Å²) >= 11 is 0. The van der Waals surface area contributed by atoms with Crippen molar-refractivity contribution in [3.63, 3.8) is 0 Å². The van der Waals surface area contributed by atoms with Crippen LogP contribution in [0.2, 0.25) is 0 Å². The Morgan fingerprint density at radius 3 is 2.85 bits per heavy atom. The summed E-state index contributed by atoms with van der Waals surface area (Å²) in [5, 5.41) is 7.46. The van der Waals surface area contributed by atoms with Crippen LogP contribution >= 0.6 is 0 Å². The van der Waals surface area contributed by atoms with E-state index in [4.69, 9.17) is 4.52 Å².